The van der Waals surface area contributed by atoms with E-state index < -0.39 is 0 Å². The van der Waals surface area contributed by atoms with Gasteiger partial charge in [-0.15, -0.1) is 24.0 Å². The summed E-state index contributed by atoms with van der Waals surface area (Å²) in [5.41, 5.74) is 1.15. The van der Waals surface area contributed by atoms with Crippen molar-refractivity contribution in [3.8, 4) is 5.75 Å². The first-order valence-electron chi connectivity index (χ1n) is 10.1. The molecule has 0 heterocycles. The van der Waals surface area contributed by atoms with Crippen molar-refractivity contribution in [2.45, 2.75) is 26.3 Å². The van der Waals surface area contributed by atoms with Crippen LogP contribution in [0.3, 0.4) is 0 Å². The Morgan fingerprint density at radius 1 is 1.00 bits per heavy atom. The van der Waals surface area contributed by atoms with E-state index >= 15 is 0 Å². The Bertz CT molecular complexity index is 527. The Labute approximate surface area is 193 Å². The van der Waals surface area contributed by atoms with E-state index in [1.54, 1.807) is 7.11 Å². The van der Waals surface area contributed by atoms with Gasteiger partial charge in [0.25, 0.3) is 0 Å². The van der Waals surface area contributed by atoms with Crippen LogP contribution >= 0.6 is 24.0 Å². The highest BCUT2D eigenvalue weighted by Gasteiger charge is 1.99. The van der Waals surface area contributed by atoms with Gasteiger partial charge in [-0.05, 0) is 51.6 Å². The Kier molecular flexibility index (Phi) is 18.2. The molecule has 0 atom stereocenters. The summed E-state index contributed by atoms with van der Waals surface area (Å²) in [6.07, 6.45) is 1.95. The normalized spacial score (nSPS) is 11.3. The number of methoxy groups -OCH3 is 1. The van der Waals surface area contributed by atoms with Crippen molar-refractivity contribution < 1.29 is 14.2 Å². The van der Waals surface area contributed by atoms with Crippen molar-refractivity contribution in [1.29, 1.82) is 0 Å². The summed E-state index contributed by atoms with van der Waals surface area (Å²) in [4.78, 5) is 6.80. The van der Waals surface area contributed by atoms with Gasteiger partial charge in [-0.3, -0.25) is 0 Å². The summed E-state index contributed by atoms with van der Waals surface area (Å²) in [5, 5.41) is 6.60. The minimum atomic E-state index is 0. The SMILES string of the molecule is CCNC(=NCc1ccc(OCCCN(C)C)cc1)NCCCOCCOC.I. The maximum Gasteiger partial charge on any atom is 0.191 e. The van der Waals surface area contributed by atoms with E-state index in [2.05, 4.69) is 53.7 Å². The molecule has 1 aromatic rings. The van der Waals surface area contributed by atoms with E-state index in [4.69, 9.17) is 14.2 Å². The Morgan fingerprint density at radius 3 is 2.41 bits per heavy atom. The summed E-state index contributed by atoms with van der Waals surface area (Å²) in [6, 6.07) is 8.16. The van der Waals surface area contributed by atoms with Crippen LogP contribution in [-0.2, 0) is 16.0 Å². The van der Waals surface area contributed by atoms with Gasteiger partial charge in [-0.25, -0.2) is 4.99 Å². The summed E-state index contributed by atoms with van der Waals surface area (Å²) in [5.74, 6) is 1.73. The molecule has 0 aliphatic rings. The smallest absolute Gasteiger partial charge is 0.191 e. The van der Waals surface area contributed by atoms with Crippen LogP contribution in [0.2, 0.25) is 0 Å². The third-order valence-corrected chi connectivity index (χ3v) is 3.90. The van der Waals surface area contributed by atoms with Crippen molar-refractivity contribution in [3.05, 3.63) is 29.8 Å². The van der Waals surface area contributed by atoms with E-state index in [0.29, 0.717) is 26.4 Å². The van der Waals surface area contributed by atoms with Crippen LogP contribution in [0.15, 0.2) is 29.3 Å². The quantitative estimate of drug-likeness (QED) is 0.160. The van der Waals surface area contributed by atoms with E-state index in [-0.39, 0.29) is 24.0 Å². The number of rotatable bonds is 15. The summed E-state index contributed by atoms with van der Waals surface area (Å²) >= 11 is 0. The molecule has 0 unspecified atom stereocenters. The second-order valence-corrected chi connectivity index (χ2v) is 6.73. The van der Waals surface area contributed by atoms with Gasteiger partial charge >= 0.3 is 0 Å². The molecule has 0 spiro atoms. The number of hydrogen-bond acceptors (Lipinski definition) is 5. The number of aliphatic imine (C=N–C) groups is 1. The van der Waals surface area contributed by atoms with Gasteiger partial charge in [0.1, 0.15) is 5.75 Å². The lowest BCUT2D eigenvalue weighted by molar-refractivity contribution is 0.0698. The minimum Gasteiger partial charge on any atom is -0.494 e. The number of nitrogens with zero attached hydrogens (tertiary/aromatic N) is 2. The fourth-order valence-electron chi connectivity index (χ4n) is 2.40. The monoisotopic (exact) mass is 522 g/mol. The topological polar surface area (TPSA) is 67.4 Å². The molecule has 0 saturated carbocycles. The van der Waals surface area contributed by atoms with Crippen molar-refractivity contribution in [1.82, 2.24) is 15.5 Å². The number of guanidine groups is 1. The molecule has 168 valence electrons. The predicted octanol–water partition coefficient (Wildman–Crippen LogP) is 2.74. The fourth-order valence-corrected chi connectivity index (χ4v) is 2.40. The zero-order chi connectivity index (χ0) is 20.5. The molecule has 1 aromatic carbocycles. The summed E-state index contributed by atoms with van der Waals surface area (Å²) in [6.45, 7) is 8.09. The van der Waals surface area contributed by atoms with Gasteiger partial charge in [-0.1, -0.05) is 12.1 Å². The minimum absolute atomic E-state index is 0. The highest BCUT2D eigenvalue weighted by Crippen LogP contribution is 2.13. The first-order valence-corrected chi connectivity index (χ1v) is 10.1. The van der Waals surface area contributed by atoms with E-state index in [0.717, 1.165) is 56.4 Å². The maximum atomic E-state index is 5.77. The van der Waals surface area contributed by atoms with E-state index in [9.17, 15) is 0 Å². The molecule has 0 aromatic heterocycles. The standard InChI is InChI=1S/C21H38N4O3.HI/c1-5-22-21(23-12-6-14-27-17-16-26-4)24-18-19-8-10-20(11-9-19)28-15-7-13-25(2)3;/h8-11H,5-7,12-18H2,1-4H3,(H2,22,23,24);1H. The first-order chi connectivity index (χ1) is 13.7. The fraction of sp³-hybridized carbons (Fsp3) is 0.667. The molecule has 0 bridgehead atoms. The third kappa shape index (κ3) is 15.4. The zero-order valence-corrected chi connectivity index (χ0v) is 20.7. The molecule has 0 amide bonds. The van der Waals surface area contributed by atoms with Gasteiger partial charge in [0.05, 0.1) is 26.4 Å². The summed E-state index contributed by atoms with van der Waals surface area (Å²) in [7, 11) is 5.82. The van der Waals surface area contributed by atoms with Gasteiger partial charge in [0.2, 0.25) is 0 Å². The molecule has 0 aliphatic carbocycles. The Balaban J connectivity index is 0.00000784. The van der Waals surface area contributed by atoms with Crippen LogP contribution in [0.1, 0.15) is 25.3 Å². The molecule has 0 fully saturated rings. The lowest BCUT2D eigenvalue weighted by Crippen LogP contribution is -2.38. The maximum absolute atomic E-state index is 5.77. The molecule has 29 heavy (non-hydrogen) atoms. The molecule has 7 nitrogen and oxygen atoms in total. The lowest BCUT2D eigenvalue weighted by atomic mass is 10.2. The number of hydrogen-bond donors (Lipinski definition) is 2. The third-order valence-electron chi connectivity index (χ3n) is 3.90. The van der Waals surface area contributed by atoms with Crippen molar-refractivity contribution in [2.24, 2.45) is 4.99 Å². The van der Waals surface area contributed by atoms with Crippen LogP contribution in [-0.4, -0.2) is 78.1 Å². The van der Waals surface area contributed by atoms with Gasteiger partial charge in [0.15, 0.2) is 5.96 Å². The second-order valence-electron chi connectivity index (χ2n) is 6.73. The number of nitrogens with one attached hydrogen (secondary N) is 2. The average molecular weight is 522 g/mol. The van der Waals surface area contributed by atoms with Crippen LogP contribution < -0.4 is 15.4 Å². The Morgan fingerprint density at radius 2 is 1.76 bits per heavy atom. The van der Waals surface area contributed by atoms with Gasteiger partial charge in [0, 0.05) is 33.4 Å². The molecular weight excluding hydrogens is 483 g/mol. The van der Waals surface area contributed by atoms with Crippen molar-refractivity contribution >= 4 is 29.9 Å². The molecular formula is C21H39IN4O3. The lowest BCUT2D eigenvalue weighted by Gasteiger charge is -2.12. The molecule has 8 heteroatoms. The highest BCUT2D eigenvalue weighted by molar-refractivity contribution is 14.0. The molecule has 0 aliphatic heterocycles. The van der Waals surface area contributed by atoms with Crippen LogP contribution in [0.5, 0.6) is 5.75 Å². The van der Waals surface area contributed by atoms with Crippen LogP contribution in [0.25, 0.3) is 0 Å². The predicted molar refractivity (Wildman–Crippen MR) is 131 cm³/mol. The van der Waals surface area contributed by atoms with E-state index in [1.807, 2.05) is 12.1 Å². The number of halogens is 1. The Hall–Kier alpha value is -1.10. The van der Waals surface area contributed by atoms with Crippen molar-refractivity contribution in [2.75, 3.05) is 67.3 Å². The van der Waals surface area contributed by atoms with Gasteiger partial charge in [-0.2, -0.15) is 0 Å². The van der Waals surface area contributed by atoms with Crippen LogP contribution in [0, 0.1) is 0 Å². The number of benzene rings is 1. The zero-order valence-electron chi connectivity index (χ0n) is 18.4. The largest absolute Gasteiger partial charge is 0.494 e. The van der Waals surface area contributed by atoms with Crippen molar-refractivity contribution in [3.63, 3.8) is 0 Å². The molecule has 2 N–H and O–H groups in total. The summed E-state index contributed by atoms with van der Waals surface area (Å²) < 4.78 is 16.2. The number of ether oxygens (including phenoxy) is 3. The van der Waals surface area contributed by atoms with E-state index in [1.165, 1.54) is 0 Å². The van der Waals surface area contributed by atoms with Gasteiger partial charge < -0.3 is 29.7 Å². The molecule has 1 rings (SSSR count). The molecule has 0 saturated heterocycles. The first kappa shape index (κ1) is 27.9. The average Bonchev–Trinajstić information content (AvgIpc) is 2.69. The second kappa shape index (κ2) is 18.9. The molecule has 0 radical (unpaired) electrons. The highest BCUT2D eigenvalue weighted by atomic mass is 127. The van der Waals surface area contributed by atoms with Crippen LogP contribution in [0.4, 0.5) is 0 Å².